The highest BCUT2D eigenvalue weighted by Crippen LogP contribution is 2.28. The van der Waals surface area contributed by atoms with Crippen LogP contribution >= 0.6 is 0 Å². The van der Waals surface area contributed by atoms with Gasteiger partial charge in [0.15, 0.2) is 0 Å². The van der Waals surface area contributed by atoms with Gasteiger partial charge in [0.1, 0.15) is 5.54 Å². The number of rotatable bonds is 8. The van der Waals surface area contributed by atoms with Crippen LogP contribution in [0.1, 0.15) is 66.2 Å². The Kier molecular flexibility index (Phi) is 6.96. The zero-order valence-corrected chi connectivity index (χ0v) is 13.4. The maximum absolute atomic E-state index is 11.5. The lowest BCUT2D eigenvalue weighted by molar-refractivity contribution is -0.146. The van der Waals surface area contributed by atoms with Crippen molar-refractivity contribution in [3.8, 4) is 0 Å². The molecule has 1 fully saturated rings. The summed E-state index contributed by atoms with van der Waals surface area (Å²) in [7, 11) is 0. The SMILES string of the molecule is CCCNC(C)(CC(C)OC1CCCC(C)C1)C(=O)O. The minimum atomic E-state index is -0.893. The molecule has 0 aromatic carbocycles. The maximum atomic E-state index is 11.5. The van der Waals surface area contributed by atoms with Crippen LogP contribution in [0.15, 0.2) is 0 Å². The van der Waals surface area contributed by atoms with E-state index in [1.54, 1.807) is 6.92 Å². The van der Waals surface area contributed by atoms with Crippen molar-refractivity contribution in [2.75, 3.05) is 6.54 Å². The predicted molar refractivity (Wildman–Crippen MR) is 80.9 cm³/mol. The highest BCUT2D eigenvalue weighted by Gasteiger charge is 2.35. The number of hydrogen-bond donors (Lipinski definition) is 2. The first-order chi connectivity index (χ1) is 9.37. The Hall–Kier alpha value is -0.610. The van der Waals surface area contributed by atoms with Crippen molar-refractivity contribution in [2.24, 2.45) is 5.92 Å². The summed E-state index contributed by atoms with van der Waals surface area (Å²) in [6, 6.07) is 0. The minimum absolute atomic E-state index is 0.0317. The average Bonchev–Trinajstić information content (AvgIpc) is 2.36. The van der Waals surface area contributed by atoms with Crippen LogP contribution in [-0.4, -0.2) is 35.4 Å². The van der Waals surface area contributed by atoms with Gasteiger partial charge in [0, 0.05) is 6.42 Å². The molecule has 0 amide bonds. The average molecular weight is 285 g/mol. The molecule has 0 heterocycles. The third-order valence-electron chi connectivity index (χ3n) is 4.25. The van der Waals surface area contributed by atoms with Crippen LogP contribution in [0.4, 0.5) is 0 Å². The van der Waals surface area contributed by atoms with E-state index < -0.39 is 11.5 Å². The van der Waals surface area contributed by atoms with Gasteiger partial charge in [-0.05, 0) is 45.6 Å². The molecular weight excluding hydrogens is 254 g/mol. The van der Waals surface area contributed by atoms with E-state index in [9.17, 15) is 9.90 Å². The number of carbonyl (C=O) groups is 1. The van der Waals surface area contributed by atoms with Gasteiger partial charge in [-0.1, -0.05) is 26.7 Å². The first-order valence-electron chi connectivity index (χ1n) is 8.01. The molecule has 1 saturated carbocycles. The zero-order valence-electron chi connectivity index (χ0n) is 13.4. The fourth-order valence-electron chi connectivity index (χ4n) is 3.09. The molecule has 0 aliphatic heterocycles. The smallest absolute Gasteiger partial charge is 0.323 e. The van der Waals surface area contributed by atoms with E-state index in [0.717, 1.165) is 31.7 Å². The van der Waals surface area contributed by atoms with Crippen molar-refractivity contribution in [1.82, 2.24) is 5.32 Å². The first-order valence-corrected chi connectivity index (χ1v) is 8.01. The molecule has 2 N–H and O–H groups in total. The topological polar surface area (TPSA) is 58.6 Å². The van der Waals surface area contributed by atoms with Crippen LogP contribution in [-0.2, 0) is 9.53 Å². The molecule has 4 nitrogen and oxygen atoms in total. The number of aliphatic carboxylic acids is 1. The van der Waals surface area contributed by atoms with Crippen LogP contribution in [0, 0.1) is 5.92 Å². The summed E-state index contributed by atoms with van der Waals surface area (Å²) in [5.74, 6) is -0.0663. The monoisotopic (exact) mass is 285 g/mol. The number of ether oxygens (including phenoxy) is 1. The van der Waals surface area contributed by atoms with Crippen molar-refractivity contribution in [3.63, 3.8) is 0 Å². The number of carboxylic acid groups (broad SMARTS) is 1. The van der Waals surface area contributed by atoms with Crippen molar-refractivity contribution in [2.45, 2.75) is 84.0 Å². The lowest BCUT2D eigenvalue weighted by atomic mass is 9.88. The van der Waals surface area contributed by atoms with Gasteiger partial charge in [0.25, 0.3) is 0 Å². The van der Waals surface area contributed by atoms with E-state index >= 15 is 0 Å². The molecule has 0 bridgehead atoms. The lowest BCUT2D eigenvalue weighted by Gasteiger charge is -2.33. The van der Waals surface area contributed by atoms with Gasteiger partial charge < -0.3 is 15.2 Å². The van der Waals surface area contributed by atoms with Crippen molar-refractivity contribution in [1.29, 1.82) is 0 Å². The summed E-state index contributed by atoms with van der Waals surface area (Å²) >= 11 is 0. The normalized spacial score (nSPS) is 27.8. The van der Waals surface area contributed by atoms with Gasteiger partial charge in [0.2, 0.25) is 0 Å². The molecule has 0 radical (unpaired) electrons. The molecule has 4 heteroatoms. The summed E-state index contributed by atoms with van der Waals surface area (Å²) < 4.78 is 6.08. The lowest BCUT2D eigenvalue weighted by Crippen LogP contribution is -2.52. The predicted octanol–water partition coefficient (Wildman–Crippen LogP) is 3.20. The number of hydrogen-bond acceptors (Lipinski definition) is 3. The van der Waals surface area contributed by atoms with Gasteiger partial charge in [0.05, 0.1) is 12.2 Å². The molecule has 0 aromatic heterocycles. The van der Waals surface area contributed by atoms with Gasteiger partial charge in [-0.3, -0.25) is 4.79 Å². The first kappa shape index (κ1) is 17.4. The Morgan fingerprint density at radius 2 is 2.20 bits per heavy atom. The van der Waals surface area contributed by atoms with Crippen LogP contribution in [0.3, 0.4) is 0 Å². The summed E-state index contributed by atoms with van der Waals surface area (Å²) in [5.41, 5.74) is -0.893. The van der Waals surface area contributed by atoms with Crippen molar-refractivity contribution < 1.29 is 14.6 Å². The molecule has 4 unspecified atom stereocenters. The second-order valence-electron chi connectivity index (χ2n) is 6.61. The molecule has 4 atom stereocenters. The molecule has 20 heavy (non-hydrogen) atoms. The largest absolute Gasteiger partial charge is 0.480 e. The van der Waals surface area contributed by atoms with Gasteiger partial charge in [-0.25, -0.2) is 0 Å². The zero-order chi connectivity index (χ0) is 15.2. The highest BCUT2D eigenvalue weighted by atomic mass is 16.5. The standard InChI is InChI=1S/C16H31NO3/c1-5-9-17-16(4,15(18)19)11-13(3)20-14-8-6-7-12(2)10-14/h12-14,17H,5-11H2,1-4H3,(H,18,19). The van der Waals surface area contributed by atoms with E-state index in [1.807, 2.05) is 13.8 Å². The van der Waals surface area contributed by atoms with Crippen molar-refractivity contribution >= 4 is 5.97 Å². The molecule has 1 aliphatic carbocycles. The Morgan fingerprint density at radius 3 is 2.75 bits per heavy atom. The minimum Gasteiger partial charge on any atom is -0.480 e. The summed E-state index contributed by atoms with van der Waals surface area (Å²) in [4.78, 5) is 11.5. The molecule has 0 aromatic rings. The third kappa shape index (κ3) is 5.41. The Labute approximate surface area is 123 Å². The van der Waals surface area contributed by atoms with Gasteiger partial charge >= 0.3 is 5.97 Å². The molecule has 1 aliphatic rings. The third-order valence-corrected chi connectivity index (χ3v) is 4.25. The quantitative estimate of drug-likeness (QED) is 0.719. The van der Waals surface area contributed by atoms with E-state index in [-0.39, 0.29) is 6.10 Å². The number of nitrogens with one attached hydrogen (secondary N) is 1. The van der Waals surface area contributed by atoms with E-state index in [2.05, 4.69) is 12.2 Å². The molecule has 1 rings (SSSR count). The Balaban J connectivity index is 2.48. The Morgan fingerprint density at radius 1 is 1.50 bits per heavy atom. The number of carboxylic acids is 1. The van der Waals surface area contributed by atoms with Crippen molar-refractivity contribution in [3.05, 3.63) is 0 Å². The maximum Gasteiger partial charge on any atom is 0.323 e. The van der Waals surface area contributed by atoms with Gasteiger partial charge in [-0.2, -0.15) is 0 Å². The van der Waals surface area contributed by atoms with Crippen LogP contribution < -0.4 is 5.32 Å². The molecule has 0 saturated heterocycles. The summed E-state index contributed by atoms with van der Waals surface area (Å²) in [6.45, 7) is 8.78. The second-order valence-corrected chi connectivity index (χ2v) is 6.61. The Bertz CT molecular complexity index is 308. The van der Waals surface area contributed by atoms with E-state index in [0.29, 0.717) is 12.5 Å². The summed E-state index contributed by atoms with van der Waals surface area (Å²) in [5, 5.41) is 12.6. The van der Waals surface area contributed by atoms with E-state index in [4.69, 9.17) is 4.74 Å². The second kappa shape index (κ2) is 7.99. The fraction of sp³-hybridized carbons (Fsp3) is 0.938. The van der Waals surface area contributed by atoms with Crippen LogP contribution in [0.2, 0.25) is 0 Å². The van der Waals surface area contributed by atoms with Crippen LogP contribution in [0.25, 0.3) is 0 Å². The van der Waals surface area contributed by atoms with Crippen LogP contribution in [0.5, 0.6) is 0 Å². The highest BCUT2D eigenvalue weighted by molar-refractivity contribution is 5.78. The fourth-order valence-corrected chi connectivity index (χ4v) is 3.09. The van der Waals surface area contributed by atoms with Gasteiger partial charge in [-0.15, -0.1) is 0 Å². The molecule has 118 valence electrons. The summed E-state index contributed by atoms with van der Waals surface area (Å²) in [6.07, 6.45) is 6.44. The molecular formula is C16H31NO3. The van der Waals surface area contributed by atoms with E-state index in [1.165, 1.54) is 12.8 Å². The molecule has 0 spiro atoms.